The fraction of sp³-hybridized carbons (Fsp3) is 1.00. The van der Waals surface area contributed by atoms with Crippen LogP contribution in [0, 0.1) is 5.92 Å². The number of ether oxygens (including phenoxy) is 1. The third-order valence-electron chi connectivity index (χ3n) is 7.93. The quantitative estimate of drug-likeness (QED) is 0.0870. The van der Waals surface area contributed by atoms with E-state index in [1.807, 2.05) is 0 Å². The molecule has 1 atom stereocenters. The Morgan fingerprint density at radius 3 is 0.971 bits per heavy atom. The lowest BCUT2D eigenvalue weighted by Gasteiger charge is -2.17. The van der Waals surface area contributed by atoms with Gasteiger partial charge < -0.3 is 4.74 Å². The number of rotatable bonds is 31. The van der Waals surface area contributed by atoms with Gasteiger partial charge >= 0.3 is 0 Å². The first-order valence-corrected chi connectivity index (χ1v) is 16.9. The number of hydrogen-bond acceptors (Lipinski definition) is 1. The molecule has 0 fully saturated rings. The zero-order valence-corrected chi connectivity index (χ0v) is 25.2. The van der Waals surface area contributed by atoms with Gasteiger partial charge in [0.2, 0.25) is 0 Å². The molecule has 0 aromatic rings. The van der Waals surface area contributed by atoms with Crippen LogP contribution in [0.4, 0.5) is 0 Å². The van der Waals surface area contributed by atoms with Crippen LogP contribution in [-0.2, 0) is 4.74 Å². The maximum absolute atomic E-state index is 6.21. The smallest absolute Gasteiger partial charge is 0.0494 e. The van der Waals surface area contributed by atoms with Crippen molar-refractivity contribution >= 4 is 0 Å². The van der Waals surface area contributed by atoms with Crippen molar-refractivity contribution in [1.29, 1.82) is 0 Å². The Kier molecular flexibility index (Phi) is 32.0. The largest absolute Gasteiger partial charge is 0.381 e. The Morgan fingerprint density at radius 2 is 0.629 bits per heavy atom. The maximum Gasteiger partial charge on any atom is 0.0494 e. The predicted molar refractivity (Wildman–Crippen MR) is 161 cm³/mol. The zero-order valence-electron chi connectivity index (χ0n) is 25.2. The Balaban J connectivity index is 3.72. The van der Waals surface area contributed by atoms with E-state index in [0.29, 0.717) is 0 Å². The van der Waals surface area contributed by atoms with Crippen molar-refractivity contribution in [3.63, 3.8) is 0 Å². The monoisotopic (exact) mass is 495 g/mol. The van der Waals surface area contributed by atoms with Gasteiger partial charge in [0, 0.05) is 13.2 Å². The molecule has 0 N–H and O–H groups in total. The molecule has 1 heteroatoms. The molecule has 0 saturated carbocycles. The molecular weight excluding hydrogens is 424 g/mol. The molecule has 0 aliphatic heterocycles. The van der Waals surface area contributed by atoms with Gasteiger partial charge in [-0.2, -0.15) is 0 Å². The van der Waals surface area contributed by atoms with Crippen molar-refractivity contribution in [3.05, 3.63) is 0 Å². The second kappa shape index (κ2) is 32.0. The second-order valence-electron chi connectivity index (χ2n) is 11.7. The highest BCUT2D eigenvalue weighted by Gasteiger charge is 2.09. The Bertz CT molecular complexity index is 352. The van der Waals surface area contributed by atoms with Crippen LogP contribution in [-0.4, -0.2) is 13.2 Å². The molecule has 0 amide bonds. The Morgan fingerprint density at radius 1 is 0.343 bits per heavy atom. The molecule has 0 aliphatic rings. The minimum absolute atomic E-state index is 0.818. The summed E-state index contributed by atoms with van der Waals surface area (Å²) in [6.07, 6.45) is 39.9. The van der Waals surface area contributed by atoms with Crippen molar-refractivity contribution in [3.8, 4) is 0 Å². The highest BCUT2D eigenvalue weighted by atomic mass is 16.5. The van der Waals surface area contributed by atoms with Crippen molar-refractivity contribution < 1.29 is 4.74 Å². The molecule has 1 unspecified atom stereocenters. The molecule has 0 aromatic heterocycles. The SMILES string of the molecule is CCCCCCCCCCCCCCOCC(CCCCCCCC)CCCCCCCCCC. The highest BCUT2D eigenvalue weighted by molar-refractivity contribution is 4.61. The van der Waals surface area contributed by atoms with Crippen LogP contribution >= 0.6 is 0 Å². The van der Waals surface area contributed by atoms with Gasteiger partial charge in [-0.25, -0.2) is 0 Å². The molecule has 0 saturated heterocycles. The summed E-state index contributed by atoms with van der Waals surface area (Å²) in [6.45, 7) is 8.96. The standard InChI is InChI=1S/C34H70O/c1-4-7-10-13-16-18-19-20-21-23-26-29-32-35-33-34(30-27-24-15-12-9-6-3)31-28-25-22-17-14-11-8-5-2/h34H,4-33H2,1-3H3. The summed E-state index contributed by atoms with van der Waals surface area (Å²) in [4.78, 5) is 0. The summed E-state index contributed by atoms with van der Waals surface area (Å²) in [7, 11) is 0. The van der Waals surface area contributed by atoms with Gasteiger partial charge in [0.1, 0.15) is 0 Å². The van der Waals surface area contributed by atoms with E-state index in [1.54, 1.807) is 0 Å². The molecule has 0 radical (unpaired) electrons. The highest BCUT2D eigenvalue weighted by Crippen LogP contribution is 2.20. The minimum Gasteiger partial charge on any atom is -0.381 e. The van der Waals surface area contributed by atoms with E-state index >= 15 is 0 Å². The summed E-state index contributed by atoms with van der Waals surface area (Å²) >= 11 is 0. The molecule has 212 valence electrons. The lowest BCUT2D eigenvalue weighted by molar-refractivity contribution is 0.0878. The average molecular weight is 495 g/mol. The number of unbranched alkanes of at least 4 members (excludes halogenated alkanes) is 23. The fourth-order valence-corrected chi connectivity index (χ4v) is 5.39. The molecule has 0 bridgehead atoms. The van der Waals surface area contributed by atoms with E-state index in [9.17, 15) is 0 Å². The van der Waals surface area contributed by atoms with Crippen LogP contribution in [0.3, 0.4) is 0 Å². The first kappa shape index (κ1) is 35.0. The third-order valence-corrected chi connectivity index (χ3v) is 7.93. The lowest BCUT2D eigenvalue weighted by Crippen LogP contribution is -2.11. The van der Waals surface area contributed by atoms with Crippen molar-refractivity contribution in [2.45, 2.75) is 201 Å². The maximum atomic E-state index is 6.21. The van der Waals surface area contributed by atoms with Crippen LogP contribution < -0.4 is 0 Å². The van der Waals surface area contributed by atoms with Gasteiger partial charge in [-0.15, -0.1) is 0 Å². The molecular formula is C34H70O. The van der Waals surface area contributed by atoms with Gasteiger partial charge in [-0.1, -0.05) is 181 Å². The topological polar surface area (TPSA) is 9.23 Å². The summed E-state index contributed by atoms with van der Waals surface area (Å²) in [5, 5.41) is 0. The van der Waals surface area contributed by atoms with E-state index in [-0.39, 0.29) is 0 Å². The van der Waals surface area contributed by atoms with Gasteiger partial charge in [-0.05, 0) is 25.2 Å². The summed E-state index contributed by atoms with van der Waals surface area (Å²) in [6, 6.07) is 0. The lowest BCUT2D eigenvalue weighted by atomic mass is 9.94. The van der Waals surface area contributed by atoms with E-state index < -0.39 is 0 Å². The molecule has 0 aromatic carbocycles. The van der Waals surface area contributed by atoms with Gasteiger partial charge in [0.25, 0.3) is 0 Å². The summed E-state index contributed by atoms with van der Waals surface area (Å²) < 4.78 is 6.21. The van der Waals surface area contributed by atoms with Crippen LogP contribution in [0.25, 0.3) is 0 Å². The first-order chi connectivity index (χ1) is 17.3. The zero-order chi connectivity index (χ0) is 25.5. The molecule has 35 heavy (non-hydrogen) atoms. The van der Waals surface area contributed by atoms with Gasteiger partial charge in [-0.3, -0.25) is 0 Å². The molecule has 0 rings (SSSR count). The summed E-state index contributed by atoms with van der Waals surface area (Å²) in [5.74, 6) is 0.818. The van der Waals surface area contributed by atoms with Crippen LogP contribution in [0.15, 0.2) is 0 Å². The van der Waals surface area contributed by atoms with Crippen LogP contribution in [0.2, 0.25) is 0 Å². The van der Waals surface area contributed by atoms with Gasteiger partial charge in [0.15, 0.2) is 0 Å². The molecule has 0 heterocycles. The normalized spacial score (nSPS) is 12.4. The first-order valence-electron chi connectivity index (χ1n) is 16.9. The van der Waals surface area contributed by atoms with Crippen LogP contribution in [0.1, 0.15) is 201 Å². The predicted octanol–water partition coefficient (Wildman–Crippen LogP) is 12.6. The fourth-order valence-electron chi connectivity index (χ4n) is 5.39. The third kappa shape index (κ3) is 30.1. The van der Waals surface area contributed by atoms with Crippen LogP contribution in [0.5, 0.6) is 0 Å². The van der Waals surface area contributed by atoms with Crippen molar-refractivity contribution in [2.24, 2.45) is 5.92 Å². The molecule has 0 aliphatic carbocycles. The summed E-state index contributed by atoms with van der Waals surface area (Å²) in [5.41, 5.74) is 0. The minimum atomic E-state index is 0.818. The van der Waals surface area contributed by atoms with Gasteiger partial charge in [0.05, 0.1) is 0 Å². The van der Waals surface area contributed by atoms with E-state index in [0.717, 1.165) is 19.1 Å². The number of hydrogen-bond donors (Lipinski definition) is 0. The van der Waals surface area contributed by atoms with E-state index in [4.69, 9.17) is 4.74 Å². The Hall–Kier alpha value is -0.0400. The van der Waals surface area contributed by atoms with E-state index in [2.05, 4.69) is 20.8 Å². The average Bonchev–Trinajstić information content (AvgIpc) is 2.87. The van der Waals surface area contributed by atoms with E-state index in [1.165, 1.54) is 180 Å². The van der Waals surface area contributed by atoms with Crippen molar-refractivity contribution in [1.82, 2.24) is 0 Å². The van der Waals surface area contributed by atoms with Crippen molar-refractivity contribution in [2.75, 3.05) is 13.2 Å². The molecule has 1 nitrogen and oxygen atoms in total. The molecule has 0 spiro atoms. The second-order valence-corrected chi connectivity index (χ2v) is 11.7. The Labute approximate surface area is 224 Å².